The molecule has 7 amide bonds. The Bertz CT molecular complexity index is 2660. The molecule has 3 fully saturated rings. The minimum atomic E-state index is -1.71. The standard InChI is InChI=1S/C59H82ClN7O18/c1-5-54(78)85-59(38(2)29-43-42-12-11-40-31-41(68)15-18-56(40,3)58(42,60)45(69)32-57(43,59)4)46(70)36-84-37-65-50(74)34-64-55(79)44(30-39-9-7-6-8-10-39)66-51(75)35-63-49(73)33-62-48(72)17-21-80-23-25-82-27-28-83-26-24-81-22-19-61-47(71)16-20-67-52(76)13-14-53(67)77/h6-10,13-15,18,31,38,42-45,52,69,76H,5,11-12,16-17,19-30,32-37H2,1-4H3,(H,61,71)(H,62,72)(H,63,73)(H,64,79)(H,65,74)(H,66,75)/t38-,42-,43?,44-,45-,52?,56-,57-,58-,59-/m0/s1. The first-order valence-corrected chi connectivity index (χ1v) is 29.3. The second-order valence-corrected chi connectivity index (χ2v) is 22.8. The van der Waals surface area contributed by atoms with Gasteiger partial charge in [0.1, 0.15) is 25.6 Å². The number of ether oxygens (including phenoxy) is 6. The molecule has 0 bridgehead atoms. The molecule has 5 aliphatic rings. The van der Waals surface area contributed by atoms with Crippen LogP contribution in [0.1, 0.15) is 78.2 Å². The number of alkyl halides is 1. The number of esters is 1. The summed E-state index contributed by atoms with van der Waals surface area (Å²) in [5.41, 5.74) is -2.07. The number of hydrogen-bond donors (Lipinski definition) is 8. The van der Waals surface area contributed by atoms with Crippen LogP contribution in [0.3, 0.4) is 0 Å². The lowest BCUT2D eigenvalue weighted by molar-refractivity contribution is -0.203. The van der Waals surface area contributed by atoms with Gasteiger partial charge in [-0.3, -0.25) is 47.9 Å². The first kappa shape index (κ1) is 67.7. The summed E-state index contributed by atoms with van der Waals surface area (Å²) in [5.74, 6) is -6.23. The van der Waals surface area contributed by atoms with Gasteiger partial charge >= 0.3 is 5.97 Å². The van der Waals surface area contributed by atoms with Crippen molar-refractivity contribution in [3.05, 3.63) is 71.8 Å². The maximum absolute atomic E-state index is 14.6. The van der Waals surface area contributed by atoms with Gasteiger partial charge in [0.15, 0.2) is 11.4 Å². The second kappa shape index (κ2) is 31.8. The summed E-state index contributed by atoms with van der Waals surface area (Å²) in [6.07, 6.45) is 6.96. The number of aliphatic hydroxyl groups excluding tert-OH is 2. The monoisotopic (exact) mass is 1210 g/mol. The molecular weight excluding hydrogens is 1130 g/mol. The number of nitrogens with one attached hydrogen (secondary N) is 6. The van der Waals surface area contributed by atoms with Crippen LogP contribution < -0.4 is 31.9 Å². The minimum Gasteiger partial charge on any atom is -0.450 e. The van der Waals surface area contributed by atoms with Crippen LogP contribution in [0.2, 0.25) is 0 Å². The summed E-state index contributed by atoms with van der Waals surface area (Å²) in [4.78, 5) is 128. The third-order valence-electron chi connectivity index (χ3n) is 16.8. The van der Waals surface area contributed by atoms with E-state index in [1.807, 2.05) is 20.8 Å². The van der Waals surface area contributed by atoms with Gasteiger partial charge in [0.2, 0.25) is 47.1 Å². The van der Waals surface area contributed by atoms with E-state index in [0.29, 0.717) is 51.3 Å². The number of aliphatic hydroxyl groups is 2. The van der Waals surface area contributed by atoms with Gasteiger partial charge in [0, 0.05) is 61.6 Å². The number of carbonyl (C=O) groups excluding carboxylic acids is 10. The van der Waals surface area contributed by atoms with Gasteiger partial charge in [-0.25, -0.2) is 0 Å². The number of rotatable bonds is 35. The van der Waals surface area contributed by atoms with Crippen LogP contribution in [0, 0.1) is 28.6 Å². The molecule has 1 heterocycles. The summed E-state index contributed by atoms with van der Waals surface area (Å²) in [6, 6.07) is 7.59. The fraction of sp³-hybridized carbons (Fsp3) is 0.627. The van der Waals surface area contributed by atoms with E-state index in [4.69, 9.17) is 40.0 Å². The smallest absolute Gasteiger partial charge is 0.306 e. The molecule has 1 aliphatic heterocycles. The topological polar surface area (TPSA) is 342 Å². The number of amides is 7. The van der Waals surface area contributed by atoms with Gasteiger partial charge < -0.3 is 75.4 Å². The van der Waals surface area contributed by atoms with Gasteiger partial charge in [-0.05, 0) is 61.3 Å². The number of ketones is 2. The number of allylic oxidation sites excluding steroid dienone is 4. The third-order valence-corrected chi connectivity index (χ3v) is 17.7. The molecule has 1 aromatic carbocycles. The van der Waals surface area contributed by atoms with Crippen LogP contribution in [0.5, 0.6) is 0 Å². The zero-order valence-corrected chi connectivity index (χ0v) is 49.5. The van der Waals surface area contributed by atoms with Crippen LogP contribution in [-0.4, -0.2) is 202 Å². The van der Waals surface area contributed by atoms with Crippen molar-refractivity contribution >= 4 is 70.5 Å². The highest BCUT2D eigenvalue weighted by molar-refractivity contribution is 6.26. The van der Waals surface area contributed by atoms with Crippen molar-refractivity contribution in [2.24, 2.45) is 28.6 Å². The van der Waals surface area contributed by atoms with Crippen LogP contribution >= 0.6 is 11.6 Å². The second-order valence-electron chi connectivity index (χ2n) is 22.2. The molecule has 2 unspecified atom stereocenters. The molecule has 0 radical (unpaired) electrons. The highest BCUT2D eigenvalue weighted by Crippen LogP contribution is 2.72. The summed E-state index contributed by atoms with van der Waals surface area (Å²) in [5, 5.41) is 36.9. The summed E-state index contributed by atoms with van der Waals surface area (Å²) in [6.45, 7) is 7.12. The Balaban J connectivity index is 0.836. The van der Waals surface area contributed by atoms with E-state index in [0.717, 1.165) is 5.57 Å². The van der Waals surface area contributed by atoms with Gasteiger partial charge in [0.25, 0.3) is 0 Å². The van der Waals surface area contributed by atoms with Gasteiger partial charge in [0.05, 0.1) is 83.5 Å². The Morgan fingerprint density at radius 2 is 1.36 bits per heavy atom. The SMILES string of the molecule is CCC(=O)O[C@]1(C(=O)COCNC(=O)CNC(=O)[C@H](Cc2ccccc2)NC(=O)CNC(=O)CNC(=O)CCOCCOCCOCCOCCNC(=O)CCN2C(=O)C=CC2O)[C@@H](C)CC2[C@@H]3CCC4=CC(=O)C=C[C@]4(C)[C@@]3(Cl)[C@@H](O)C[C@@]21C. The van der Waals surface area contributed by atoms with E-state index in [1.165, 1.54) is 23.1 Å². The van der Waals surface area contributed by atoms with Crippen molar-refractivity contribution in [2.75, 3.05) is 98.9 Å². The lowest BCUT2D eigenvalue weighted by atomic mass is 9.45. The zero-order valence-electron chi connectivity index (χ0n) is 48.8. The zero-order chi connectivity index (χ0) is 61.8. The maximum Gasteiger partial charge on any atom is 0.306 e. The number of Topliss-reactive ketones (excluding diaryl/α,β-unsaturated/α-hetero) is 1. The number of halogens is 1. The van der Waals surface area contributed by atoms with Crippen molar-refractivity contribution in [1.29, 1.82) is 0 Å². The quantitative estimate of drug-likeness (QED) is 0.0192. The van der Waals surface area contributed by atoms with E-state index in [-0.39, 0.29) is 101 Å². The van der Waals surface area contributed by atoms with Gasteiger partial charge in [-0.1, -0.05) is 69.7 Å². The molecular formula is C59H82ClN7O18. The van der Waals surface area contributed by atoms with Crippen LogP contribution in [-0.2, 0) is 82.8 Å². The molecule has 6 rings (SSSR count). The molecule has 1 aromatic rings. The van der Waals surface area contributed by atoms with E-state index < -0.39 is 120 Å². The summed E-state index contributed by atoms with van der Waals surface area (Å²) >= 11 is 7.62. The average Bonchev–Trinajstić information content (AvgIpc) is 1.65. The van der Waals surface area contributed by atoms with Gasteiger partial charge in [-0.2, -0.15) is 0 Å². The van der Waals surface area contributed by atoms with E-state index in [2.05, 4.69) is 31.9 Å². The largest absolute Gasteiger partial charge is 0.450 e. The first-order valence-electron chi connectivity index (χ1n) is 28.9. The predicted octanol–water partition coefficient (Wildman–Crippen LogP) is -0.0204. The van der Waals surface area contributed by atoms with Crippen molar-refractivity contribution < 1.29 is 86.6 Å². The minimum absolute atomic E-state index is 0.0114. The van der Waals surface area contributed by atoms with Crippen molar-refractivity contribution in [1.82, 2.24) is 36.8 Å². The maximum atomic E-state index is 14.6. The van der Waals surface area contributed by atoms with E-state index in [9.17, 15) is 58.2 Å². The molecule has 468 valence electrons. The molecule has 3 saturated carbocycles. The lowest BCUT2D eigenvalue weighted by Crippen LogP contribution is -2.69. The Morgan fingerprint density at radius 1 is 0.741 bits per heavy atom. The number of benzene rings is 1. The normalized spacial score (nSPS) is 26.7. The Hall–Kier alpha value is -6.45. The fourth-order valence-corrected chi connectivity index (χ4v) is 13.0. The third kappa shape index (κ3) is 17.2. The van der Waals surface area contributed by atoms with Crippen molar-refractivity contribution in [2.45, 2.75) is 108 Å². The van der Waals surface area contributed by atoms with Crippen LogP contribution in [0.15, 0.2) is 66.3 Å². The molecule has 10 atom stereocenters. The first-order chi connectivity index (χ1) is 40.6. The summed E-state index contributed by atoms with van der Waals surface area (Å²) in [7, 11) is 0. The summed E-state index contributed by atoms with van der Waals surface area (Å²) < 4.78 is 33.6. The molecule has 4 aliphatic carbocycles. The molecule has 0 saturated heterocycles. The Morgan fingerprint density at radius 3 is 2.04 bits per heavy atom. The molecule has 8 N–H and O–H groups in total. The average molecular weight is 1210 g/mol. The molecule has 26 heteroatoms. The van der Waals surface area contributed by atoms with E-state index in [1.54, 1.807) is 49.4 Å². The number of nitrogens with zero attached hydrogens (tertiary/aromatic N) is 1. The molecule has 0 spiro atoms. The van der Waals surface area contributed by atoms with Crippen molar-refractivity contribution in [3.8, 4) is 0 Å². The van der Waals surface area contributed by atoms with Crippen molar-refractivity contribution in [3.63, 3.8) is 0 Å². The lowest BCUT2D eigenvalue weighted by Gasteiger charge is -2.64. The number of hydrogen-bond acceptors (Lipinski definition) is 18. The number of carbonyl (C=O) groups is 10. The van der Waals surface area contributed by atoms with E-state index >= 15 is 0 Å². The van der Waals surface area contributed by atoms with Gasteiger partial charge in [-0.15, -0.1) is 11.6 Å². The number of fused-ring (bicyclic) bond motifs is 5. The molecule has 25 nitrogen and oxygen atoms in total. The fourth-order valence-electron chi connectivity index (χ4n) is 12.4. The predicted molar refractivity (Wildman–Crippen MR) is 304 cm³/mol. The molecule has 0 aromatic heterocycles. The van der Waals surface area contributed by atoms with Crippen LogP contribution in [0.25, 0.3) is 0 Å². The molecule has 85 heavy (non-hydrogen) atoms. The highest BCUT2D eigenvalue weighted by atomic mass is 35.5. The van der Waals surface area contributed by atoms with Crippen LogP contribution in [0.4, 0.5) is 0 Å². The highest BCUT2D eigenvalue weighted by Gasteiger charge is 2.76. The Kier molecular flexibility index (Phi) is 25.3. The Labute approximate surface area is 499 Å².